The highest BCUT2D eigenvalue weighted by Crippen LogP contribution is 2.23. The number of hydrogen-bond acceptors (Lipinski definition) is 5. The normalized spacial score (nSPS) is 13.9. The number of anilines is 2. The first kappa shape index (κ1) is 18.7. The lowest BCUT2D eigenvalue weighted by Crippen LogP contribution is -2.43. The van der Waals surface area contributed by atoms with E-state index in [-0.39, 0.29) is 5.91 Å². The van der Waals surface area contributed by atoms with E-state index < -0.39 is 12.6 Å². The van der Waals surface area contributed by atoms with Crippen LogP contribution in [0.15, 0.2) is 42.5 Å². The molecule has 7 heteroatoms. The Morgan fingerprint density at radius 3 is 2.48 bits per heavy atom. The van der Waals surface area contributed by atoms with Gasteiger partial charge >= 0.3 is 5.97 Å². The molecule has 1 aliphatic heterocycles. The number of rotatable bonds is 6. The number of carbonyl (C=O) groups is 2. The number of piperazine rings is 1. The molecule has 0 radical (unpaired) electrons. The molecule has 0 bridgehead atoms. The number of carbonyl (C=O) groups excluding carboxylic acids is 1. The van der Waals surface area contributed by atoms with Crippen molar-refractivity contribution in [1.82, 2.24) is 5.32 Å². The van der Waals surface area contributed by atoms with E-state index in [9.17, 15) is 9.59 Å². The summed E-state index contributed by atoms with van der Waals surface area (Å²) in [6, 6.07) is 12.3. The highest BCUT2D eigenvalue weighted by atomic mass is 16.5. The Labute approximate surface area is 157 Å². The fraction of sp³-hybridized carbons (Fsp3) is 0.300. The average molecular weight is 369 g/mol. The molecule has 1 heterocycles. The van der Waals surface area contributed by atoms with Crippen LogP contribution in [0.25, 0.3) is 0 Å². The lowest BCUT2D eigenvalue weighted by molar-refractivity contribution is -0.139. The van der Waals surface area contributed by atoms with Crippen molar-refractivity contribution >= 4 is 23.3 Å². The van der Waals surface area contributed by atoms with E-state index in [1.54, 1.807) is 24.3 Å². The van der Waals surface area contributed by atoms with Crippen molar-refractivity contribution in [3.05, 3.63) is 53.6 Å². The molecule has 7 nitrogen and oxygen atoms in total. The van der Waals surface area contributed by atoms with Crippen molar-refractivity contribution < 1.29 is 19.4 Å². The van der Waals surface area contributed by atoms with Crippen LogP contribution < -0.4 is 20.3 Å². The zero-order valence-electron chi connectivity index (χ0n) is 15.2. The SMILES string of the molecule is Cc1cc(C(=O)Nc2ccc(OCC(=O)O)cc2)ccc1N1CCNCC1. The van der Waals surface area contributed by atoms with Gasteiger partial charge in [0, 0.05) is 43.1 Å². The number of aryl methyl sites for hydroxylation is 1. The van der Waals surface area contributed by atoms with E-state index in [1.807, 2.05) is 25.1 Å². The molecule has 27 heavy (non-hydrogen) atoms. The molecule has 0 atom stereocenters. The molecule has 1 fully saturated rings. The summed E-state index contributed by atoms with van der Waals surface area (Å²) in [5, 5.41) is 14.8. The molecule has 2 aromatic carbocycles. The Morgan fingerprint density at radius 1 is 1.15 bits per heavy atom. The fourth-order valence-electron chi connectivity index (χ4n) is 3.04. The summed E-state index contributed by atoms with van der Waals surface area (Å²) in [6.45, 7) is 5.47. The van der Waals surface area contributed by atoms with Crippen LogP contribution >= 0.6 is 0 Å². The fourth-order valence-corrected chi connectivity index (χ4v) is 3.04. The smallest absolute Gasteiger partial charge is 0.341 e. The van der Waals surface area contributed by atoms with Gasteiger partial charge in [-0.1, -0.05) is 0 Å². The lowest BCUT2D eigenvalue weighted by atomic mass is 10.1. The van der Waals surface area contributed by atoms with E-state index in [0.717, 1.165) is 37.4 Å². The van der Waals surface area contributed by atoms with Crippen molar-refractivity contribution in [2.45, 2.75) is 6.92 Å². The summed E-state index contributed by atoms with van der Waals surface area (Å²) < 4.78 is 5.08. The third-order valence-corrected chi connectivity index (χ3v) is 4.39. The van der Waals surface area contributed by atoms with Gasteiger partial charge in [-0.15, -0.1) is 0 Å². The van der Waals surface area contributed by atoms with E-state index >= 15 is 0 Å². The van der Waals surface area contributed by atoms with Gasteiger partial charge in [0.25, 0.3) is 5.91 Å². The maximum Gasteiger partial charge on any atom is 0.341 e. The first-order valence-corrected chi connectivity index (χ1v) is 8.85. The number of nitrogens with zero attached hydrogens (tertiary/aromatic N) is 1. The van der Waals surface area contributed by atoms with Crippen LogP contribution in [0.2, 0.25) is 0 Å². The molecule has 1 aliphatic rings. The molecule has 3 rings (SSSR count). The number of hydrogen-bond donors (Lipinski definition) is 3. The van der Waals surface area contributed by atoms with Crippen molar-refractivity contribution in [3.8, 4) is 5.75 Å². The van der Waals surface area contributed by atoms with Crippen LogP contribution in [0, 0.1) is 6.92 Å². The third-order valence-electron chi connectivity index (χ3n) is 4.39. The van der Waals surface area contributed by atoms with Crippen LogP contribution in [0.4, 0.5) is 11.4 Å². The van der Waals surface area contributed by atoms with E-state index in [1.165, 1.54) is 0 Å². The predicted octanol–water partition coefficient (Wildman–Crippen LogP) is 2.12. The van der Waals surface area contributed by atoms with Gasteiger partial charge < -0.3 is 25.4 Å². The van der Waals surface area contributed by atoms with E-state index in [2.05, 4.69) is 15.5 Å². The van der Waals surface area contributed by atoms with Crippen molar-refractivity contribution in [1.29, 1.82) is 0 Å². The van der Waals surface area contributed by atoms with Gasteiger partial charge in [0.15, 0.2) is 6.61 Å². The van der Waals surface area contributed by atoms with Gasteiger partial charge in [-0.3, -0.25) is 4.79 Å². The minimum absolute atomic E-state index is 0.191. The molecule has 3 N–H and O–H groups in total. The topological polar surface area (TPSA) is 90.9 Å². The highest BCUT2D eigenvalue weighted by Gasteiger charge is 2.14. The molecule has 0 aromatic heterocycles. The van der Waals surface area contributed by atoms with Crippen LogP contribution in [-0.2, 0) is 4.79 Å². The largest absolute Gasteiger partial charge is 0.482 e. The van der Waals surface area contributed by atoms with Crippen LogP contribution in [0.1, 0.15) is 15.9 Å². The molecular weight excluding hydrogens is 346 g/mol. The first-order valence-electron chi connectivity index (χ1n) is 8.85. The number of nitrogens with one attached hydrogen (secondary N) is 2. The molecule has 2 aromatic rings. The van der Waals surface area contributed by atoms with Gasteiger partial charge in [-0.05, 0) is 55.0 Å². The zero-order valence-corrected chi connectivity index (χ0v) is 15.2. The Morgan fingerprint density at radius 2 is 1.85 bits per heavy atom. The summed E-state index contributed by atoms with van der Waals surface area (Å²) in [7, 11) is 0. The molecule has 0 unspecified atom stereocenters. The number of amides is 1. The summed E-state index contributed by atoms with van der Waals surface area (Å²) in [4.78, 5) is 25.3. The quantitative estimate of drug-likeness (QED) is 0.723. The highest BCUT2D eigenvalue weighted by molar-refractivity contribution is 6.04. The van der Waals surface area contributed by atoms with Gasteiger partial charge in [0.2, 0.25) is 0 Å². The van der Waals surface area contributed by atoms with Crippen LogP contribution in [0.5, 0.6) is 5.75 Å². The predicted molar refractivity (Wildman–Crippen MR) is 104 cm³/mol. The summed E-state index contributed by atoms with van der Waals surface area (Å²) in [5.74, 6) is -0.789. The monoisotopic (exact) mass is 369 g/mol. The second-order valence-corrected chi connectivity index (χ2v) is 6.40. The molecular formula is C20H23N3O4. The second-order valence-electron chi connectivity index (χ2n) is 6.40. The number of benzene rings is 2. The number of carboxylic acids is 1. The Hall–Kier alpha value is -3.06. The number of carboxylic acid groups (broad SMARTS) is 1. The lowest BCUT2D eigenvalue weighted by Gasteiger charge is -2.30. The molecule has 0 saturated carbocycles. The second kappa shape index (κ2) is 8.55. The molecule has 0 aliphatic carbocycles. The van der Waals surface area contributed by atoms with Crippen molar-refractivity contribution in [2.75, 3.05) is 43.0 Å². The van der Waals surface area contributed by atoms with Crippen molar-refractivity contribution in [2.24, 2.45) is 0 Å². The number of aliphatic carboxylic acids is 1. The molecule has 1 amide bonds. The van der Waals surface area contributed by atoms with Crippen LogP contribution in [-0.4, -0.2) is 49.8 Å². The number of ether oxygens (including phenoxy) is 1. The van der Waals surface area contributed by atoms with E-state index in [0.29, 0.717) is 17.0 Å². The Kier molecular flexibility index (Phi) is 5.93. The average Bonchev–Trinajstić information content (AvgIpc) is 2.68. The Bertz CT molecular complexity index is 814. The summed E-state index contributed by atoms with van der Waals surface area (Å²) >= 11 is 0. The molecule has 1 saturated heterocycles. The zero-order chi connectivity index (χ0) is 19.2. The van der Waals surface area contributed by atoms with Gasteiger partial charge in [-0.25, -0.2) is 4.79 Å². The first-order chi connectivity index (χ1) is 13.0. The maximum absolute atomic E-state index is 12.5. The van der Waals surface area contributed by atoms with E-state index in [4.69, 9.17) is 9.84 Å². The molecule has 0 spiro atoms. The van der Waals surface area contributed by atoms with Gasteiger partial charge in [0.05, 0.1) is 0 Å². The van der Waals surface area contributed by atoms with Crippen molar-refractivity contribution in [3.63, 3.8) is 0 Å². The summed E-state index contributed by atoms with van der Waals surface area (Å²) in [5.41, 5.74) is 3.44. The minimum Gasteiger partial charge on any atom is -0.482 e. The van der Waals surface area contributed by atoms with Gasteiger partial charge in [0.1, 0.15) is 5.75 Å². The summed E-state index contributed by atoms with van der Waals surface area (Å²) in [6.07, 6.45) is 0. The van der Waals surface area contributed by atoms with Gasteiger partial charge in [-0.2, -0.15) is 0 Å². The minimum atomic E-state index is -1.04. The van der Waals surface area contributed by atoms with Crippen LogP contribution in [0.3, 0.4) is 0 Å². The molecule has 142 valence electrons. The standard InChI is InChI=1S/C20H23N3O4/c1-14-12-15(2-7-18(14)23-10-8-21-9-11-23)20(26)22-16-3-5-17(6-4-16)27-13-19(24)25/h2-7,12,21H,8-11,13H2,1H3,(H,22,26)(H,24,25). The Balaban J connectivity index is 1.63. The third kappa shape index (κ3) is 4.98. The maximum atomic E-state index is 12.5.